The Morgan fingerprint density at radius 1 is 1.29 bits per heavy atom. The zero-order valence-electron chi connectivity index (χ0n) is 20.0. The number of carbonyl (C=O) groups excluding carboxylic acids is 1. The zero-order valence-corrected chi connectivity index (χ0v) is 21.5. The van der Waals surface area contributed by atoms with Crippen molar-refractivity contribution in [3.05, 3.63) is 52.8 Å². The molecule has 0 saturated carbocycles. The number of carbonyl (C=O) groups is 1. The van der Waals surface area contributed by atoms with E-state index in [2.05, 4.69) is 10.4 Å². The Hall–Kier alpha value is -2.72. The van der Waals surface area contributed by atoms with Gasteiger partial charge in [0.1, 0.15) is 22.6 Å². The van der Waals surface area contributed by atoms with Crippen LogP contribution in [0.4, 0.5) is 5.82 Å². The van der Waals surface area contributed by atoms with Crippen LogP contribution in [0, 0.1) is 0 Å². The van der Waals surface area contributed by atoms with Crippen LogP contribution in [0.5, 0.6) is 17.4 Å². The maximum Gasteiger partial charge on any atom is 0.248 e. The Morgan fingerprint density at radius 2 is 2.03 bits per heavy atom. The number of anilines is 1. The van der Waals surface area contributed by atoms with Crippen LogP contribution in [0.1, 0.15) is 40.2 Å². The quantitative estimate of drug-likeness (QED) is 0.315. The van der Waals surface area contributed by atoms with Crippen LogP contribution in [-0.4, -0.2) is 48.8 Å². The lowest BCUT2D eigenvalue weighted by molar-refractivity contribution is -0.120. The summed E-state index contributed by atoms with van der Waals surface area (Å²) in [7, 11) is 0. The van der Waals surface area contributed by atoms with Crippen molar-refractivity contribution in [1.82, 2.24) is 14.3 Å². The molecular formula is C24H30Cl2N4O5. The number of aromatic nitrogens is 3. The van der Waals surface area contributed by atoms with Crippen molar-refractivity contribution in [3.8, 4) is 17.4 Å². The molecule has 0 unspecified atom stereocenters. The second-order valence-corrected chi connectivity index (χ2v) is 9.60. The number of ether oxygens (including phenoxy) is 2. The number of nitrogens with one attached hydrogen (secondary N) is 1. The highest BCUT2D eigenvalue weighted by atomic mass is 35.5. The monoisotopic (exact) mass is 524 g/mol. The lowest BCUT2D eigenvalue weighted by atomic mass is 10.1. The van der Waals surface area contributed by atoms with Crippen molar-refractivity contribution < 1.29 is 24.5 Å². The second kappa shape index (κ2) is 11.3. The minimum absolute atomic E-state index is 0.172. The van der Waals surface area contributed by atoms with Crippen molar-refractivity contribution in [2.24, 2.45) is 0 Å². The van der Waals surface area contributed by atoms with Crippen molar-refractivity contribution in [2.75, 3.05) is 11.9 Å². The summed E-state index contributed by atoms with van der Waals surface area (Å²) in [6.45, 7) is 7.81. The van der Waals surface area contributed by atoms with Gasteiger partial charge in [-0.15, -0.1) is 0 Å². The summed E-state index contributed by atoms with van der Waals surface area (Å²) in [5.41, 5.74) is -0.956. The van der Waals surface area contributed by atoms with Crippen LogP contribution < -0.4 is 10.1 Å². The Balaban J connectivity index is 1.84. The lowest BCUT2D eigenvalue weighted by Gasteiger charge is -2.22. The highest BCUT2D eigenvalue weighted by Gasteiger charge is 2.27. The first-order valence-electron chi connectivity index (χ1n) is 11.2. The van der Waals surface area contributed by atoms with E-state index in [1.807, 2.05) is 13.8 Å². The molecular weight excluding hydrogens is 495 g/mol. The molecule has 0 aliphatic heterocycles. The van der Waals surface area contributed by atoms with Gasteiger partial charge in [0.25, 0.3) is 0 Å². The van der Waals surface area contributed by atoms with E-state index in [-0.39, 0.29) is 35.7 Å². The number of hydrogen-bond donors (Lipinski definition) is 3. The lowest BCUT2D eigenvalue weighted by Crippen LogP contribution is -2.29. The van der Waals surface area contributed by atoms with Crippen LogP contribution in [0.2, 0.25) is 10.0 Å². The summed E-state index contributed by atoms with van der Waals surface area (Å²) >= 11 is 12.3. The smallest absolute Gasteiger partial charge is 0.248 e. The van der Waals surface area contributed by atoms with Crippen LogP contribution in [0.15, 0.2) is 42.7 Å². The van der Waals surface area contributed by atoms with Gasteiger partial charge in [0, 0.05) is 31.4 Å². The molecule has 3 rings (SSSR count). The zero-order chi connectivity index (χ0) is 25.8. The maximum absolute atomic E-state index is 13.3. The Bertz CT molecular complexity index is 1160. The average Bonchev–Trinajstić information content (AvgIpc) is 3.34. The fourth-order valence-corrected chi connectivity index (χ4v) is 3.90. The number of amides is 1. The number of aliphatic hydroxyl groups is 1. The fourth-order valence-electron chi connectivity index (χ4n) is 3.57. The third-order valence-electron chi connectivity index (χ3n) is 5.03. The van der Waals surface area contributed by atoms with Crippen LogP contribution in [0.3, 0.4) is 0 Å². The first kappa shape index (κ1) is 26.9. The average molecular weight is 525 g/mol. The van der Waals surface area contributed by atoms with E-state index in [0.717, 1.165) is 0 Å². The van der Waals surface area contributed by atoms with Crippen LogP contribution in [-0.2, 0) is 16.1 Å². The van der Waals surface area contributed by atoms with E-state index in [0.29, 0.717) is 23.2 Å². The second-order valence-electron chi connectivity index (χ2n) is 8.81. The third kappa shape index (κ3) is 7.38. The molecule has 190 valence electrons. The highest BCUT2D eigenvalue weighted by molar-refractivity contribution is 6.42. The standard InChI is InChI=1S/C24H30Cl2N4O5/c1-5-34-15(2)11-18(23(32)27-20-9-10-29(28-20)14-24(3,4)33)30-13-16(12-21(30)31)35-19-8-6-7-17(25)22(19)26/h6-10,12-13,15,18,31,33H,5,11,14H2,1-4H3,(H,27,28,32)/t15-,18+/m1/s1. The molecule has 11 heteroatoms. The fraction of sp³-hybridized carbons (Fsp3) is 0.417. The largest absolute Gasteiger partial charge is 0.494 e. The molecule has 35 heavy (non-hydrogen) atoms. The van der Waals surface area contributed by atoms with E-state index in [4.69, 9.17) is 32.7 Å². The minimum Gasteiger partial charge on any atom is -0.494 e. The van der Waals surface area contributed by atoms with E-state index < -0.39 is 17.6 Å². The van der Waals surface area contributed by atoms with Crippen molar-refractivity contribution in [1.29, 1.82) is 0 Å². The van der Waals surface area contributed by atoms with Gasteiger partial charge in [-0.25, -0.2) is 0 Å². The summed E-state index contributed by atoms with van der Waals surface area (Å²) in [5.74, 6) is 0.348. The summed E-state index contributed by atoms with van der Waals surface area (Å²) in [5, 5.41) is 28.3. The predicted octanol–water partition coefficient (Wildman–Crippen LogP) is 5.26. The summed E-state index contributed by atoms with van der Waals surface area (Å²) in [6, 6.07) is 7.17. The number of halogens is 2. The van der Waals surface area contributed by atoms with Crippen LogP contribution >= 0.6 is 23.2 Å². The number of hydrogen-bond acceptors (Lipinski definition) is 6. The Labute approximate surface area is 214 Å². The van der Waals surface area contributed by atoms with E-state index in [9.17, 15) is 15.0 Å². The Morgan fingerprint density at radius 3 is 2.71 bits per heavy atom. The molecule has 0 spiro atoms. The van der Waals surface area contributed by atoms with E-state index in [1.165, 1.54) is 16.8 Å². The number of nitrogens with zero attached hydrogens (tertiary/aromatic N) is 3. The van der Waals surface area contributed by atoms with Crippen molar-refractivity contribution >= 4 is 34.9 Å². The minimum atomic E-state index is -0.956. The molecule has 0 aliphatic rings. The highest BCUT2D eigenvalue weighted by Crippen LogP contribution is 2.37. The number of aromatic hydroxyl groups is 1. The molecule has 0 bridgehead atoms. The number of benzene rings is 1. The van der Waals surface area contributed by atoms with Gasteiger partial charge in [0.2, 0.25) is 5.91 Å². The molecule has 3 N–H and O–H groups in total. The molecule has 3 aromatic rings. The Kier molecular flexibility index (Phi) is 8.71. The summed E-state index contributed by atoms with van der Waals surface area (Å²) in [4.78, 5) is 13.3. The first-order chi connectivity index (χ1) is 16.5. The van der Waals surface area contributed by atoms with Gasteiger partial charge in [0.05, 0.1) is 29.5 Å². The van der Waals surface area contributed by atoms with Gasteiger partial charge in [-0.3, -0.25) is 9.48 Å². The molecule has 0 radical (unpaired) electrons. The molecule has 2 aromatic heterocycles. The van der Waals surface area contributed by atoms with Crippen molar-refractivity contribution in [2.45, 2.75) is 58.4 Å². The molecule has 9 nitrogen and oxygen atoms in total. The van der Waals surface area contributed by atoms with E-state index in [1.54, 1.807) is 49.0 Å². The molecule has 1 aromatic carbocycles. The summed E-state index contributed by atoms with van der Waals surface area (Å²) < 4.78 is 14.4. The van der Waals surface area contributed by atoms with Gasteiger partial charge in [-0.1, -0.05) is 29.3 Å². The molecule has 0 fully saturated rings. The van der Waals surface area contributed by atoms with Crippen molar-refractivity contribution in [3.63, 3.8) is 0 Å². The van der Waals surface area contributed by atoms with Gasteiger partial charge in [-0.2, -0.15) is 5.10 Å². The molecule has 2 atom stereocenters. The number of rotatable bonds is 11. The summed E-state index contributed by atoms with van der Waals surface area (Å²) in [6.07, 6.45) is 3.20. The predicted molar refractivity (Wildman–Crippen MR) is 135 cm³/mol. The normalized spacial score (nSPS) is 13.5. The van der Waals surface area contributed by atoms with Gasteiger partial charge < -0.3 is 29.6 Å². The van der Waals surface area contributed by atoms with E-state index >= 15 is 0 Å². The molecule has 2 heterocycles. The molecule has 0 saturated heterocycles. The molecule has 1 amide bonds. The SMILES string of the molecule is CCO[C@H](C)C[C@@H](C(=O)Nc1ccn(CC(C)(C)O)n1)n1cc(Oc2cccc(Cl)c2Cl)cc1O. The first-order valence-corrected chi connectivity index (χ1v) is 11.9. The molecule has 0 aliphatic carbocycles. The topological polar surface area (TPSA) is 111 Å². The maximum atomic E-state index is 13.3. The third-order valence-corrected chi connectivity index (χ3v) is 5.83. The van der Waals surface area contributed by atoms with Gasteiger partial charge in [0.15, 0.2) is 11.7 Å². The van der Waals surface area contributed by atoms with Gasteiger partial charge >= 0.3 is 0 Å². The van der Waals surface area contributed by atoms with Crippen LogP contribution in [0.25, 0.3) is 0 Å². The van der Waals surface area contributed by atoms with Gasteiger partial charge in [-0.05, 0) is 39.8 Å².